The molecule has 0 bridgehead atoms. The summed E-state index contributed by atoms with van der Waals surface area (Å²) in [6.07, 6.45) is -0.931. The summed E-state index contributed by atoms with van der Waals surface area (Å²) in [5, 5.41) is 9.54. The van der Waals surface area contributed by atoms with Crippen molar-refractivity contribution in [1.82, 2.24) is 0 Å². The van der Waals surface area contributed by atoms with Crippen LogP contribution < -0.4 is 5.73 Å². The zero-order chi connectivity index (χ0) is 10.0. The van der Waals surface area contributed by atoms with Crippen molar-refractivity contribution in [3.8, 4) is 0 Å². The van der Waals surface area contributed by atoms with Gasteiger partial charge < -0.3 is 10.8 Å². The highest BCUT2D eigenvalue weighted by Crippen LogP contribution is 2.21. The molecule has 2 atom stereocenters. The number of benzene rings is 1. The first kappa shape index (κ1) is 10.2. The van der Waals surface area contributed by atoms with Crippen LogP contribution in [0.5, 0.6) is 0 Å². The number of halogens is 1. The Morgan fingerprint density at radius 2 is 2.08 bits per heavy atom. The smallest absolute Gasteiger partial charge is 0.131 e. The van der Waals surface area contributed by atoms with Gasteiger partial charge in [-0.25, -0.2) is 4.39 Å². The van der Waals surface area contributed by atoms with E-state index in [2.05, 4.69) is 0 Å². The van der Waals surface area contributed by atoms with Gasteiger partial charge in [-0.2, -0.15) is 0 Å². The zero-order valence-corrected chi connectivity index (χ0v) is 7.79. The van der Waals surface area contributed by atoms with Gasteiger partial charge in [0.2, 0.25) is 0 Å². The SMILES string of the molecule is Cc1cccc([C@@H](O)[C@H](C)N)c1F. The molecule has 0 aliphatic rings. The van der Waals surface area contributed by atoms with Gasteiger partial charge in [-0.05, 0) is 19.4 Å². The van der Waals surface area contributed by atoms with Crippen LogP contribution in [0, 0.1) is 12.7 Å². The van der Waals surface area contributed by atoms with E-state index >= 15 is 0 Å². The van der Waals surface area contributed by atoms with Crippen molar-refractivity contribution in [2.24, 2.45) is 5.73 Å². The van der Waals surface area contributed by atoms with Crippen molar-refractivity contribution in [2.75, 3.05) is 0 Å². The van der Waals surface area contributed by atoms with E-state index in [1.807, 2.05) is 0 Å². The molecule has 1 rings (SSSR count). The lowest BCUT2D eigenvalue weighted by Crippen LogP contribution is -2.25. The third kappa shape index (κ3) is 2.05. The second-order valence-corrected chi connectivity index (χ2v) is 3.28. The average Bonchev–Trinajstić information content (AvgIpc) is 2.08. The second kappa shape index (κ2) is 3.85. The molecule has 0 fully saturated rings. The fourth-order valence-corrected chi connectivity index (χ4v) is 1.18. The Labute approximate surface area is 77.2 Å². The molecule has 3 heteroatoms. The summed E-state index contributed by atoms with van der Waals surface area (Å²) in [5.74, 6) is -0.368. The van der Waals surface area contributed by atoms with Gasteiger partial charge in [-0.3, -0.25) is 0 Å². The monoisotopic (exact) mass is 183 g/mol. The van der Waals surface area contributed by atoms with E-state index in [0.717, 1.165) is 0 Å². The lowest BCUT2D eigenvalue weighted by molar-refractivity contribution is 0.149. The molecule has 2 nitrogen and oxygen atoms in total. The van der Waals surface area contributed by atoms with E-state index in [9.17, 15) is 9.50 Å². The largest absolute Gasteiger partial charge is 0.387 e. The van der Waals surface area contributed by atoms with Gasteiger partial charge in [0, 0.05) is 11.6 Å². The Morgan fingerprint density at radius 3 is 2.62 bits per heavy atom. The first-order valence-electron chi connectivity index (χ1n) is 4.22. The minimum atomic E-state index is -0.931. The van der Waals surface area contributed by atoms with Crippen molar-refractivity contribution < 1.29 is 9.50 Å². The van der Waals surface area contributed by atoms with Crippen molar-refractivity contribution in [1.29, 1.82) is 0 Å². The van der Waals surface area contributed by atoms with Gasteiger partial charge in [0.25, 0.3) is 0 Å². The zero-order valence-electron chi connectivity index (χ0n) is 7.79. The first-order valence-corrected chi connectivity index (χ1v) is 4.22. The molecular formula is C10H14FNO. The fourth-order valence-electron chi connectivity index (χ4n) is 1.18. The van der Waals surface area contributed by atoms with E-state index < -0.39 is 12.1 Å². The summed E-state index contributed by atoms with van der Waals surface area (Å²) < 4.78 is 13.4. The predicted octanol–water partition coefficient (Wildman–Crippen LogP) is 1.51. The van der Waals surface area contributed by atoms with Crippen LogP contribution >= 0.6 is 0 Å². The molecule has 0 unspecified atom stereocenters. The number of aliphatic hydroxyl groups is 1. The molecule has 0 amide bonds. The number of hydrogen-bond acceptors (Lipinski definition) is 2. The molecule has 0 aromatic heterocycles. The molecule has 0 aliphatic carbocycles. The van der Waals surface area contributed by atoms with Gasteiger partial charge in [-0.15, -0.1) is 0 Å². The lowest BCUT2D eigenvalue weighted by Gasteiger charge is -2.16. The Morgan fingerprint density at radius 1 is 1.46 bits per heavy atom. The summed E-state index contributed by atoms with van der Waals surface area (Å²) in [4.78, 5) is 0. The Kier molecular flexibility index (Phi) is 3.01. The molecule has 13 heavy (non-hydrogen) atoms. The third-order valence-electron chi connectivity index (χ3n) is 2.04. The van der Waals surface area contributed by atoms with Gasteiger partial charge in [0.1, 0.15) is 5.82 Å². The Bertz CT molecular complexity index is 299. The molecule has 0 heterocycles. The molecule has 1 aromatic carbocycles. The number of hydrogen-bond donors (Lipinski definition) is 2. The van der Waals surface area contributed by atoms with Crippen molar-refractivity contribution in [2.45, 2.75) is 26.0 Å². The number of aliphatic hydroxyl groups excluding tert-OH is 1. The van der Waals surface area contributed by atoms with Crippen LogP contribution in [0.15, 0.2) is 18.2 Å². The molecule has 0 saturated carbocycles. The maximum Gasteiger partial charge on any atom is 0.131 e. The highest BCUT2D eigenvalue weighted by Gasteiger charge is 2.17. The van der Waals surface area contributed by atoms with Crippen LogP contribution in [-0.4, -0.2) is 11.1 Å². The minimum absolute atomic E-state index is 0.273. The molecule has 0 saturated heterocycles. The summed E-state index contributed by atoms with van der Waals surface area (Å²) in [6.45, 7) is 3.30. The van der Waals surface area contributed by atoms with E-state index in [1.54, 1.807) is 32.0 Å². The summed E-state index contributed by atoms with van der Waals surface area (Å²) in [5.41, 5.74) is 6.27. The predicted molar refractivity (Wildman–Crippen MR) is 49.7 cm³/mol. The van der Waals surface area contributed by atoms with Crippen molar-refractivity contribution in [3.05, 3.63) is 35.1 Å². The number of nitrogens with two attached hydrogens (primary N) is 1. The molecule has 0 radical (unpaired) electrons. The fraction of sp³-hybridized carbons (Fsp3) is 0.400. The quantitative estimate of drug-likeness (QED) is 0.730. The van der Waals surface area contributed by atoms with E-state index in [0.29, 0.717) is 5.56 Å². The van der Waals surface area contributed by atoms with Crippen LogP contribution in [0.2, 0.25) is 0 Å². The first-order chi connectivity index (χ1) is 6.04. The topological polar surface area (TPSA) is 46.2 Å². The normalized spacial score (nSPS) is 15.5. The Hall–Kier alpha value is -0.930. The van der Waals surface area contributed by atoms with Crippen LogP contribution in [-0.2, 0) is 0 Å². The van der Waals surface area contributed by atoms with Gasteiger partial charge in [0.05, 0.1) is 6.10 Å². The number of aryl methyl sites for hydroxylation is 1. The Balaban J connectivity index is 3.07. The van der Waals surface area contributed by atoms with Gasteiger partial charge in [-0.1, -0.05) is 18.2 Å². The maximum absolute atomic E-state index is 13.4. The van der Waals surface area contributed by atoms with Gasteiger partial charge >= 0.3 is 0 Å². The average molecular weight is 183 g/mol. The van der Waals surface area contributed by atoms with Crippen molar-refractivity contribution in [3.63, 3.8) is 0 Å². The number of rotatable bonds is 2. The lowest BCUT2D eigenvalue weighted by atomic mass is 10.0. The van der Waals surface area contributed by atoms with E-state index in [-0.39, 0.29) is 11.4 Å². The molecule has 1 aromatic rings. The minimum Gasteiger partial charge on any atom is -0.387 e. The standard InChI is InChI=1S/C10H14FNO/c1-6-4-3-5-8(9(6)11)10(13)7(2)12/h3-5,7,10,13H,12H2,1-2H3/t7-,10-/m0/s1. The molecule has 3 N–H and O–H groups in total. The highest BCUT2D eigenvalue weighted by molar-refractivity contribution is 5.27. The van der Waals surface area contributed by atoms with E-state index in [1.165, 1.54) is 0 Å². The van der Waals surface area contributed by atoms with Crippen LogP contribution in [0.25, 0.3) is 0 Å². The van der Waals surface area contributed by atoms with E-state index in [4.69, 9.17) is 5.73 Å². The van der Waals surface area contributed by atoms with Gasteiger partial charge in [0.15, 0.2) is 0 Å². The molecule has 0 spiro atoms. The third-order valence-corrected chi connectivity index (χ3v) is 2.04. The maximum atomic E-state index is 13.4. The molecule has 72 valence electrons. The molecule has 0 aliphatic heterocycles. The highest BCUT2D eigenvalue weighted by atomic mass is 19.1. The van der Waals surface area contributed by atoms with Crippen LogP contribution in [0.3, 0.4) is 0 Å². The summed E-state index contributed by atoms with van der Waals surface area (Å²) in [7, 11) is 0. The van der Waals surface area contributed by atoms with Crippen LogP contribution in [0.1, 0.15) is 24.2 Å². The second-order valence-electron chi connectivity index (χ2n) is 3.28. The summed E-state index contributed by atoms with van der Waals surface area (Å²) in [6, 6.07) is 4.46. The van der Waals surface area contributed by atoms with Crippen molar-refractivity contribution >= 4 is 0 Å². The summed E-state index contributed by atoms with van der Waals surface area (Å²) >= 11 is 0. The molecular weight excluding hydrogens is 169 g/mol. The van der Waals surface area contributed by atoms with Crippen LogP contribution in [0.4, 0.5) is 4.39 Å².